The Hall–Kier alpha value is -2.91. The molecule has 0 amide bonds. The van der Waals surface area contributed by atoms with Gasteiger partial charge in [-0.25, -0.2) is 0 Å². The quantitative estimate of drug-likeness (QED) is 0.764. The van der Waals surface area contributed by atoms with E-state index < -0.39 is 0 Å². The molecule has 3 nitrogen and oxygen atoms in total. The summed E-state index contributed by atoms with van der Waals surface area (Å²) in [5, 5.41) is 17.6. The van der Waals surface area contributed by atoms with Gasteiger partial charge in [-0.3, -0.25) is 4.99 Å². The molecule has 0 N–H and O–H groups in total. The van der Waals surface area contributed by atoms with E-state index in [-0.39, 0.29) is 0 Å². The summed E-state index contributed by atoms with van der Waals surface area (Å²) in [6, 6.07) is 18.7. The highest BCUT2D eigenvalue weighted by Crippen LogP contribution is 2.13. The highest BCUT2D eigenvalue weighted by Gasteiger charge is 2.06. The van der Waals surface area contributed by atoms with Crippen LogP contribution in [-0.2, 0) is 0 Å². The fourth-order valence-corrected chi connectivity index (χ4v) is 1.83. The summed E-state index contributed by atoms with van der Waals surface area (Å²) in [5.41, 5.74) is 3.99. The van der Waals surface area contributed by atoms with E-state index in [1.807, 2.05) is 24.3 Å². The summed E-state index contributed by atoms with van der Waals surface area (Å²) in [7, 11) is 1.73. The van der Waals surface area contributed by atoms with Gasteiger partial charge in [0.05, 0.1) is 29.0 Å². The molecule has 0 aromatic heterocycles. The standard InChI is InChI=1S/C16H11N3/c1-19-16(14-6-2-12(10-17)3-7-14)15-8-4-13(11-18)5-9-15/h2-9H,1H3. The average molecular weight is 245 g/mol. The van der Waals surface area contributed by atoms with Crippen LogP contribution in [0.5, 0.6) is 0 Å². The van der Waals surface area contributed by atoms with Crippen LogP contribution in [0.15, 0.2) is 53.5 Å². The minimum absolute atomic E-state index is 0.624. The third-order valence-corrected chi connectivity index (χ3v) is 2.80. The molecule has 0 saturated carbocycles. The number of hydrogen-bond acceptors (Lipinski definition) is 3. The molecule has 3 heteroatoms. The monoisotopic (exact) mass is 245 g/mol. The molecule has 0 unspecified atom stereocenters. The Morgan fingerprint density at radius 2 is 1.16 bits per heavy atom. The van der Waals surface area contributed by atoms with Gasteiger partial charge in [0.1, 0.15) is 0 Å². The first-order valence-electron chi connectivity index (χ1n) is 5.76. The number of nitrogens with zero attached hydrogens (tertiary/aromatic N) is 3. The summed E-state index contributed by atoms with van der Waals surface area (Å²) in [6.45, 7) is 0. The zero-order valence-corrected chi connectivity index (χ0v) is 10.5. The Morgan fingerprint density at radius 3 is 1.42 bits per heavy atom. The molecule has 90 valence electrons. The lowest BCUT2D eigenvalue weighted by Gasteiger charge is -2.06. The first-order chi connectivity index (χ1) is 9.28. The molecule has 0 heterocycles. The minimum atomic E-state index is 0.624. The third-order valence-electron chi connectivity index (χ3n) is 2.80. The molecule has 0 spiro atoms. The second-order valence-electron chi connectivity index (χ2n) is 3.95. The van der Waals surface area contributed by atoms with Crippen molar-refractivity contribution in [3.05, 3.63) is 70.8 Å². The van der Waals surface area contributed by atoms with Gasteiger partial charge in [-0.15, -0.1) is 0 Å². The maximum absolute atomic E-state index is 8.79. The number of hydrogen-bond donors (Lipinski definition) is 0. The third kappa shape index (κ3) is 2.68. The average Bonchev–Trinajstić information content (AvgIpc) is 2.49. The van der Waals surface area contributed by atoms with E-state index in [4.69, 9.17) is 10.5 Å². The largest absolute Gasteiger partial charge is 0.287 e. The van der Waals surface area contributed by atoms with Crippen molar-refractivity contribution in [1.82, 2.24) is 0 Å². The van der Waals surface area contributed by atoms with Gasteiger partial charge in [-0.1, -0.05) is 24.3 Å². The van der Waals surface area contributed by atoms with Crippen LogP contribution in [0, 0.1) is 22.7 Å². The first kappa shape index (κ1) is 12.5. The first-order valence-corrected chi connectivity index (χ1v) is 5.76. The predicted octanol–water partition coefficient (Wildman–Crippen LogP) is 2.90. The highest BCUT2D eigenvalue weighted by molar-refractivity contribution is 6.12. The van der Waals surface area contributed by atoms with Gasteiger partial charge < -0.3 is 0 Å². The van der Waals surface area contributed by atoms with Crippen molar-refractivity contribution < 1.29 is 0 Å². The van der Waals surface area contributed by atoms with E-state index >= 15 is 0 Å². The van der Waals surface area contributed by atoms with Gasteiger partial charge in [0.25, 0.3) is 0 Å². The predicted molar refractivity (Wildman–Crippen MR) is 73.9 cm³/mol. The van der Waals surface area contributed by atoms with Crippen LogP contribution in [0.2, 0.25) is 0 Å². The van der Waals surface area contributed by atoms with E-state index in [0.29, 0.717) is 11.1 Å². The Kier molecular flexibility index (Phi) is 3.71. The molecular formula is C16H11N3. The smallest absolute Gasteiger partial charge is 0.0991 e. The highest BCUT2D eigenvalue weighted by atomic mass is 14.7. The molecule has 0 saturated heterocycles. The van der Waals surface area contributed by atoms with Crippen LogP contribution < -0.4 is 0 Å². The van der Waals surface area contributed by atoms with Gasteiger partial charge in [-0.05, 0) is 24.3 Å². The number of nitriles is 2. The molecule has 2 aromatic rings. The van der Waals surface area contributed by atoms with Crippen LogP contribution in [-0.4, -0.2) is 12.8 Å². The van der Waals surface area contributed by atoms with Crippen LogP contribution in [0.4, 0.5) is 0 Å². The van der Waals surface area contributed by atoms with E-state index in [9.17, 15) is 0 Å². The van der Waals surface area contributed by atoms with Gasteiger partial charge in [-0.2, -0.15) is 10.5 Å². The minimum Gasteiger partial charge on any atom is -0.287 e. The molecule has 0 radical (unpaired) electrons. The van der Waals surface area contributed by atoms with Crippen LogP contribution >= 0.6 is 0 Å². The van der Waals surface area contributed by atoms with Crippen molar-refractivity contribution in [2.24, 2.45) is 4.99 Å². The summed E-state index contributed by atoms with van der Waals surface area (Å²) in [4.78, 5) is 4.29. The number of aliphatic imine (C=N–C) groups is 1. The van der Waals surface area contributed by atoms with Gasteiger partial charge in [0.2, 0.25) is 0 Å². The van der Waals surface area contributed by atoms with Crippen molar-refractivity contribution in [2.45, 2.75) is 0 Å². The lowest BCUT2D eigenvalue weighted by Crippen LogP contribution is -2.03. The van der Waals surface area contributed by atoms with E-state index in [0.717, 1.165) is 16.8 Å². The summed E-state index contributed by atoms with van der Waals surface area (Å²) < 4.78 is 0. The van der Waals surface area contributed by atoms with Gasteiger partial charge in [0.15, 0.2) is 0 Å². The number of rotatable bonds is 2. The van der Waals surface area contributed by atoms with E-state index in [1.54, 1.807) is 31.3 Å². The maximum Gasteiger partial charge on any atom is 0.0991 e. The lowest BCUT2D eigenvalue weighted by molar-refractivity contribution is 1.40. The summed E-state index contributed by atoms with van der Waals surface area (Å²) in [6.07, 6.45) is 0. The SMILES string of the molecule is CN=C(c1ccc(C#N)cc1)c1ccc(C#N)cc1. The van der Waals surface area contributed by atoms with E-state index in [1.165, 1.54) is 0 Å². The normalized spacial score (nSPS) is 9.21. The Morgan fingerprint density at radius 1 is 0.789 bits per heavy atom. The maximum atomic E-state index is 8.79. The van der Waals surface area contributed by atoms with Gasteiger partial charge >= 0.3 is 0 Å². The zero-order valence-electron chi connectivity index (χ0n) is 10.5. The topological polar surface area (TPSA) is 59.9 Å². The van der Waals surface area contributed by atoms with Crippen molar-refractivity contribution >= 4 is 5.71 Å². The Bertz CT molecular complexity index is 621. The molecule has 0 aliphatic rings. The number of benzene rings is 2. The molecular weight excluding hydrogens is 234 g/mol. The van der Waals surface area contributed by atoms with Crippen molar-refractivity contribution in [3.8, 4) is 12.1 Å². The fraction of sp³-hybridized carbons (Fsp3) is 0.0625. The molecule has 2 rings (SSSR count). The fourth-order valence-electron chi connectivity index (χ4n) is 1.83. The lowest BCUT2D eigenvalue weighted by atomic mass is 10.0. The van der Waals surface area contributed by atoms with E-state index in [2.05, 4.69) is 17.1 Å². The molecule has 0 fully saturated rings. The second kappa shape index (κ2) is 5.62. The molecule has 0 aliphatic carbocycles. The van der Waals surface area contributed by atoms with Crippen LogP contribution in [0.25, 0.3) is 0 Å². The van der Waals surface area contributed by atoms with Crippen molar-refractivity contribution in [3.63, 3.8) is 0 Å². The van der Waals surface area contributed by atoms with Gasteiger partial charge in [0, 0.05) is 18.2 Å². The Balaban J connectivity index is 2.39. The van der Waals surface area contributed by atoms with Crippen molar-refractivity contribution in [1.29, 1.82) is 10.5 Å². The molecule has 19 heavy (non-hydrogen) atoms. The van der Waals surface area contributed by atoms with Crippen LogP contribution in [0.3, 0.4) is 0 Å². The second-order valence-corrected chi connectivity index (χ2v) is 3.95. The molecule has 0 aliphatic heterocycles. The summed E-state index contributed by atoms with van der Waals surface area (Å²) >= 11 is 0. The van der Waals surface area contributed by atoms with Crippen LogP contribution in [0.1, 0.15) is 22.3 Å². The molecule has 2 aromatic carbocycles. The molecule has 0 bridgehead atoms. The summed E-state index contributed by atoms with van der Waals surface area (Å²) in [5.74, 6) is 0. The zero-order chi connectivity index (χ0) is 13.7. The van der Waals surface area contributed by atoms with Crippen molar-refractivity contribution in [2.75, 3.05) is 7.05 Å². The Labute approximate surface area is 112 Å². The molecule has 0 atom stereocenters.